The standard InChI is InChI=1S/C45H29N3S/c1-5-14-30(15-6-1)36-28-39(31-16-7-2-8-17-31)42-40(29-36)38-23-13-22-37(41(38)49-42)32-24-26-35(27-25-32)45-47-43(33-18-9-3-10-19-33)46-44(48-45)34-20-11-4-12-21-34/h1-29H. The summed E-state index contributed by atoms with van der Waals surface area (Å²) in [7, 11) is 0. The van der Waals surface area contributed by atoms with Gasteiger partial charge in [-0.15, -0.1) is 11.3 Å². The zero-order valence-corrected chi connectivity index (χ0v) is 27.3. The number of thiophene rings is 1. The molecule has 0 aliphatic carbocycles. The van der Waals surface area contributed by atoms with E-state index in [9.17, 15) is 0 Å². The van der Waals surface area contributed by atoms with Crippen LogP contribution in [-0.2, 0) is 0 Å². The molecule has 0 radical (unpaired) electrons. The van der Waals surface area contributed by atoms with E-state index in [1.54, 1.807) is 0 Å². The maximum Gasteiger partial charge on any atom is 0.164 e. The van der Waals surface area contributed by atoms with Crippen molar-refractivity contribution in [2.45, 2.75) is 0 Å². The summed E-state index contributed by atoms with van der Waals surface area (Å²) in [5.74, 6) is 1.97. The molecule has 0 bridgehead atoms. The van der Waals surface area contributed by atoms with Gasteiger partial charge < -0.3 is 0 Å². The highest BCUT2D eigenvalue weighted by Crippen LogP contribution is 2.45. The van der Waals surface area contributed by atoms with Gasteiger partial charge in [-0.1, -0.05) is 164 Å². The SMILES string of the molecule is c1ccc(-c2cc(-c3ccccc3)c3sc4c(-c5ccc(-c6nc(-c7ccccc7)nc(-c7ccccc7)n6)cc5)cccc4c3c2)cc1. The number of benzene rings is 7. The molecule has 3 nitrogen and oxygen atoms in total. The second-order valence-electron chi connectivity index (χ2n) is 12.0. The Hall–Kier alpha value is -6.23. The summed E-state index contributed by atoms with van der Waals surface area (Å²) >= 11 is 1.88. The molecule has 0 fully saturated rings. The van der Waals surface area contributed by atoms with Crippen molar-refractivity contribution in [1.82, 2.24) is 15.0 Å². The van der Waals surface area contributed by atoms with Crippen LogP contribution >= 0.6 is 11.3 Å². The van der Waals surface area contributed by atoms with E-state index in [4.69, 9.17) is 15.0 Å². The lowest BCUT2D eigenvalue weighted by atomic mass is 9.95. The lowest BCUT2D eigenvalue weighted by Crippen LogP contribution is -2.00. The Bertz CT molecular complexity index is 2500. The third-order valence-electron chi connectivity index (χ3n) is 8.94. The second kappa shape index (κ2) is 12.4. The summed E-state index contributed by atoms with van der Waals surface area (Å²) in [6, 6.07) is 61.6. The number of fused-ring (bicyclic) bond motifs is 3. The number of nitrogens with zero attached hydrogens (tertiary/aromatic N) is 3. The number of rotatable bonds is 6. The quantitative estimate of drug-likeness (QED) is 0.181. The molecule has 0 aliphatic rings. The van der Waals surface area contributed by atoms with Crippen molar-refractivity contribution in [3.63, 3.8) is 0 Å². The summed E-state index contributed by atoms with van der Waals surface area (Å²) in [4.78, 5) is 14.7. The normalized spacial score (nSPS) is 11.3. The molecule has 0 atom stereocenters. The van der Waals surface area contributed by atoms with Gasteiger partial charge in [-0.25, -0.2) is 15.0 Å². The lowest BCUT2D eigenvalue weighted by molar-refractivity contribution is 1.07. The molecule has 0 N–H and O–H groups in total. The maximum atomic E-state index is 4.93. The van der Waals surface area contributed by atoms with Crippen LogP contribution < -0.4 is 0 Å². The van der Waals surface area contributed by atoms with Gasteiger partial charge in [-0.3, -0.25) is 0 Å². The fourth-order valence-corrected chi connectivity index (χ4v) is 7.85. The Balaban J connectivity index is 1.17. The minimum absolute atomic E-state index is 0.653. The van der Waals surface area contributed by atoms with Crippen molar-refractivity contribution in [1.29, 1.82) is 0 Å². The first kappa shape index (κ1) is 29.0. The number of aromatic nitrogens is 3. The van der Waals surface area contributed by atoms with Crippen LogP contribution in [0.1, 0.15) is 0 Å². The first-order chi connectivity index (χ1) is 24.3. The van der Waals surface area contributed by atoms with Crippen LogP contribution in [0.2, 0.25) is 0 Å². The topological polar surface area (TPSA) is 38.7 Å². The fourth-order valence-electron chi connectivity index (χ4n) is 6.49. The van der Waals surface area contributed by atoms with Crippen molar-refractivity contribution >= 4 is 31.5 Å². The molecule has 2 aromatic heterocycles. The maximum absolute atomic E-state index is 4.93. The van der Waals surface area contributed by atoms with Crippen LogP contribution in [0.25, 0.3) is 87.7 Å². The van der Waals surface area contributed by atoms with E-state index in [1.165, 1.54) is 48.0 Å². The van der Waals surface area contributed by atoms with Gasteiger partial charge in [0.1, 0.15) is 0 Å². The number of hydrogen-bond acceptors (Lipinski definition) is 4. The predicted octanol–water partition coefficient (Wildman–Crippen LogP) is 12.2. The van der Waals surface area contributed by atoms with Crippen molar-refractivity contribution in [3.8, 4) is 67.5 Å². The Morgan fingerprint density at radius 2 is 0.714 bits per heavy atom. The highest BCUT2D eigenvalue weighted by atomic mass is 32.1. The first-order valence-electron chi connectivity index (χ1n) is 16.4. The molecule has 0 saturated heterocycles. The Morgan fingerprint density at radius 1 is 0.286 bits per heavy atom. The van der Waals surface area contributed by atoms with E-state index >= 15 is 0 Å². The van der Waals surface area contributed by atoms with Crippen LogP contribution in [0.4, 0.5) is 0 Å². The van der Waals surface area contributed by atoms with E-state index in [2.05, 4.69) is 115 Å². The monoisotopic (exact) mass is 643 g/mol. The smallest absolute Gasteiger partial charge is 0.164 e. The van der Waals surface area contributed by atoms with Gasteiger partial charge in [0.25, 0.3) is 0 Å². The van der Waals surface area contributed by atoms with Crippen LogP contribution in [0.15, 0.2) is 176 Å². The van der Waals surface area contributed by atoms with E-state index in [0.29, 0.717) is 17.5 Å². The third-order valence-corrected chi connectivity index (χ3v) is 10.2. The number of hydrogen-bond donors (Lipinski definition) is 0. The Morgan fingerprint density at radius 3 is 1.27 bits per heavy atom. The van der Waals surface area contributed by atoms with Crippen LogP contribution in [0.3, 0.4) is 0 Å². The largest absolute Gasteiger partial charge is 0.208 e. The molecule has 0 amide bonds. The van der Waals surface area contributed by atoms with Gasteiger partial charge in [0.15, 0.2) is 17.5 Å². The molecular weight excluding hydrogens is 615 g/mol. The van der Waals surface area contributed by atoms with Gasteiger partial charge in [0.05, 0.1) is 0 Å². The summed E-state index contributed by atoms with van der Waals surface area (Å²) in [5, 5.41) is 2.56. The van der Waals surface area contributed by atoms with E-state index in [1.807, 2.05) is 72.0 Å². The van der Waals surface area contributed by atoms with Crippen molar-refractivity contribution in [2.24, 2.45) is 0 Å². The molecule has 2 heterocycles. The third kappa shape index (κ3) is 5.48. The molecule has 4 heteroatoms. The fraction of sp³-hybridized carbons (Fsp3) is 0. The summed E-state index contributed by atoms with van der Waals surface area (Å²) in [6.45, 7) is 0. The molecule has 0 spiro atoms. The van der Waals surface area contributed by atoms with Gasteiger partial charge >= 0.3 is 0 Å². The molecule has 9 aromatic rings. The molecule has 0 unspecified atom stereocenters. The minimum Gasteiger partial charge on any atom is -0.208 e. The van der Waals surface area contributed by atoms with Gasteiger partial charge in [0.2, 0.25) is 0 Å². The minimum atomic E-state index is 0.653. The van der Waals surface area contributed by atoms with Crippen LogP contribution in [0, 0.1) is 0 Å². The second-order valence-corrected chi connectivity index (χ2v) is 13.1. The van der Waals surface area contributed by atoms with E-state index in [0.717, 1.165) is 22.3 Å². The molecular formula is C45H29N3S. The first-order valence-corrected chi connectivity index (χ1v) is 17.2. The molecule has 7 aromatic carbocycles. The summed E-state index contributed by atoms with van der Waals surface area (Å²) < 4.78 is 2.59. The van der Waals surface area contributed by atoms with Gasteiger partial charge in [-0.05, 0) is 39.9 Å². The zero-order valence-electron chi connectivity index (χ0n) is 26.5. The molecule has 49 heavy (non-hydrogen) atoms. The highest BCUT2D eigenvalue weighted by Gasteiger charge is 2.17. The lowest BCUT2D eigenvalue weighted by Gasteiger charge is -2.09. The predicted molar refractivity (Wildman–Crippen MR) is 205 cm³/mol. The molecule has 9 rings (SSSR count). The Labute approximate surface area is 288 Å². The van der Waals surface area contributed by atoms with E-state index < -0.39 is 0 Å². The zero-order chi connectivity index (χ0) is 32.6. The summed E-state index contributed by atoms with van der Waals surface area (Å²) in [6.07, 6.45) is 0. The summed E-state index contributed by atoms with van der Waals surface area (Å²) in [5.41, 5.74) is 10.2. The Kier molecular flexibility index (Phi) is 7.34. The van der Waals surface area contributed by atoms with Crippen LogP contribution in [0.5, 0.6) is 0 Å². The molecule has 230 valence electrons. The average Bonchev–Trinajstić information content (AvgIpc) is 3.58. The van der Waals surface area contributed by atoms with Crippen molar-refractivity contribution in [3.05, 3.63) is 176 Å². The van der Waals surface area contributed by atoms with Gasteiger partial charge in [0, 0.05) is 42.4 Å². The van der Waals surface area contributed by atoms with Crippen LogP contribution in [-0.4, -0.2) is 15.0 Å². The average molecular weight is 644 g/mol. The van der Waals surface area contributed by atoms with E-state index in [-0.39, 0.29) is 0 Å². The van der Waals surface area contributed by atoms with Gasteiger partial charge in [-0.2, -0.15) is 0 Å². The van der Waals surface area contributed by atoms with Crippen molar-refractivity contribution < 1.29 is 0 Å². The molecule has 0 aliphatic heterocycles. The van der Waals surface area contributed by atoms with Crippen molar-refractivity contribution in [2.75, 3.05) is 0 Å². The highest BCUT2D eigenvalue weighted by molar-refractivity contribution is 7.26. The molecule has 0 saturated carbocycles.